The Hall–Kier alpha value is -2.92. The van der Waals surface area contributed by atoms with E-state index in [0.29, 0.717) is 11.6 Å². The molecule has 0 fully saturated rings. The Labute approximate surface area is 170 Å². The summed E-state index contributed by atoms with van der Waals surface area (Å²) < 4.78 is 41.9. The highest BCUT2D eigenvalue weighted by Gasteiger charge is 2.37. The zero-order valence-electron chi connectivity index (χ0n) is 14.7. The van der Waals surface area contributed by atoms with E-state index in [-0.39, 0.29) is 21.0 Å². The van der Waals surface area contributed by atoms with E-state index in [4.69, 9.17) is 11.6 Å². The molecule has 0 saturated heterocycles. The van der Waals surface area contributed by atoms with E-state index in [9.17, 15) is 18.0 Å². The van der Waals surface area contributed by atoms with Crippen LogP contribution in [-0.2, 0) is 19.8 Å². The van der Waals surface area contributed by atoms with Crippen molar-refractivity contribution in [2.24, 2.45) is 7.05 Å². The Morgan fingerprint density at radius 2 is 2.07 bits per heavy atom. The minimum absolute atomic E-state index is 0.0451. The fourth-order valence-electron chi connectivity index (χ4n) is 2.78. The molecule has 1 amide bonds. The van der Waals surface area contributed by atoms with Crippen molar-refractivity contribution in [1.29, 1.82) is 0 Å². The summed E-state index contributed by atoms with van der Waals surface area (Å²) in [5, 5.41) is 10.6. The number of fused-ring (bicyclic) bond motifs is 1. The molecule has 1 aromatic carbocycles. The lowest BCUT2D eigenvalue weighted by Gasteiger charge is -2.02. The minimum atomic E-state index is -4.60. The summed E-state index contributed by atoms with van der Waals surface area (Å²) >= 11 is 6.86. The van der Waals surface area contributed by atoms with Gasteiger partial charge in [0, 0.05) is 17.5 Å². The molecule has 4 rings (SSSR count). The van der Waals surface area contributed by atoms with E-state index in [1.807, 2.05) is 12.1 Å². The van der Waals surface area contributed by atoms with Crippen molar-refractivity contribution in [2.45, 2.75) is 12.7 Å². The average molecular weight is 441 g/mol. The zero-order chi connectivity index (χ0) is 20.8. The van der Waals surface area contributed by atoms with Crippen molar-refractivity contribution in [1.82, 2.24) is 24.5 Å². The maximum absolute atomic E-state index is 13.1. The molecule has 12 heteroatoms. The van der Waals surface area contributed by atoms with Crippen LogP contribution < -0.4 is 5.32 Å². The quantitative estimate of drug-likeness (QED) is 0.516. The number of aryl methyl sites for hydroxylation is 1. The van der Waals surface area contributed by atoms with Crippen LogP contribution in [-0.4, -0.2) is 30.5 Å². The van der Waals surface area contributed by atoms with Gasteiger partial charge in [-0.05, 0) is 23.8 Å². The molecule has 0 atom stereocenters. The van der Waals surface area contributed by atoms with Crippen LogP contribution >= 0.6 is 22.9 Å². The molecule has 4 aromatic rings. The number of amides is 1. The molecule has 29 heavy (non-hydrogen) atoms. The van der Waals surface area contributed by atoms with Crippen molar-refractivity contribution in [3.63, 3.8) is 0 Å². The molecule has 3 aromatic heterocycles. The molecule has 0 aliphatic heterocycles. The van der Waals surface area contributed by atoms with Gasteiger partial charge in [0.25, 0.3) is 5.91 Å². The van der Waals surface area contributed by atoms with E-state index >= 15 is 0 Å². The first-order valence-corrected chi connectivity index (χ1v) is 9.39. The van der Waals surface area contributed by atoms with Gasteiger partial charge in [0.1, 0.15) is 11.2 Å². The number of anilines is 1. The standard InChI is InChI=1S/C17H12ClF3N6OS/c1-26-15-11(13(24-26)17(19,20)21)6-12(29-15)14(28)23-16-22-8-27(25-16)7-9-3-2-4-10(18)5-9/h2-6,8H,7H2,1H3,(H,23,25,28). The topological polar surface area (TPSA) is 77.6 Å². The van der Waals surface area contributed by atoms with Crippen LogP contribution in [0, 0.1) is 0 Å². The lowest BCUT2D eigenvalue weighted by Crippen LogP contribution is -2.12. The molecule has 150 valence electrons. The highest BCUT2D eigenvalue weighted by molar-refractivity contribution is 7.20. The number of carbonyl (C=O) groups is 1. The summed E-state index contributed by atoms with van der Waals surface area (Å²) in [6.45, 7) is 0.396. The SMILES string of the molecule is Cn1nc(C(F)(F)F)c2cc(C(=O)Nc3ncn(Cc4cccc(Cl)c4)n3)sc21. The fraction of sp³-hybridized carbons (Fsp3) is 0.176. The fourth-order valence-corrected chi connectivity index (χ4v) is 3.96. The summed E-state index contributed by atoms with van der Waals surface area (Å²) in [4.78, 5) is 16.8. The number of alkyl halides is 3. The predicted octanol–water partition coefficient (Wildman–Crippen LogP) is 4.20. The number of aromatic nitrogens is 5. The van der Waals surface area contributed by atoms with Crippen molar-refractivity contribution in [3.8, 4) is 0 Å². The van der Waals surface area contributed by atoms with E-state index < -0.39 is 17.8 Å². The molecule has 7 nitrogen and oxygen atoms in total. The molecule has 0 saturated carbocycles. The molecule has 0 aliphatic rings. The largest absolute Gasteiger partial charge is 0.435 e. The third-order valence-electron chi connectivity index (χ3n) is 4.00. The summed E-state index contributed by atoms with van der Waals surface area (Å²) in [6, 6.07) is 8.39. The molecular formula is C17H12ClF3N6OS. The van der Waals surface area contributed by atoms with Gasteiger partial charge in [-0.25, -0.2) is 9.67 Å². The molecule has 1 N–H and O–H groups in total. The first-order chi connectivity index (χ1) is 13.7. The number of carbonyl (C=O) groups excluding carboxylic acids is 1. The maximum atomic E-state index is 13.1. The Bertz CT molecular complexity index is 1210. The van der Waals surface area contributed by atoms with Crippen LogP contribution in [0.5, 0.6) is 0 Å². The summed E-state index contributed by atoms with van der Waals surface area (Å²) in [6.07, 6.45) is -3.16. The van der Waals surface area contributed by atoms with E-state index in [1.165, 1.54) is 24.1 Å². The van der Waals surface area contributed by atoms with Crippen LogP contribution in [0.2, 0.25) is 5.02 Å². The van der Waals surface area contributed by atoms with Gasteiger partial charge in [-0.2, -0.15) is 18.3 Å². The molecular weight excluding hydrogens is 429 g/mol. The van der Waals surface area contributed by atoms with Gasteiger partial charge in [-0.15, -0.1) is 16.4 Å². The van der Waals surface area contributed by atoms with Gasteiger partial charge in [0.2, 0.25) is 5.95 Å². The second-order valence-corrected chi connectivity index (χ2v) is 7.62. The predicted molar refractivity (Wildman–Crippen MR) is 102 cm³/mol. The van der Waals surface area contributed by atoms with Gasteiger partial charge in [-0.1, -0.05) is 23.7 Å². The van der Waals surface area contributed by atoms with E-state index in [2.05, 4.69) is 20.5 Å². The van der Waals surface area contributed by atoms with Crippen LogP contribution in [0.4, 0.5) is 19.1 Å². The molecule has 0 bridgehead atoms. The van der Waals surface area contributed by atoms with Crippen LogP contribution in [0.3, 0.4) is 0 Å². The van der Waals surface area contributed by atoms with Gasteiger partial charge in [0.15, 0.2) is 5.69 Å². The van der Waals surface area contributed by atoms with E-state index in [0.717, 1.165) is 21.6 Å². The third-order valence-corrected chi connectivity index (χ3v) is 5.43. The Kier molecular flexibility index (Phi) is 4.79. The number of hydrogen-bond acceptors (Lipinski definition) is 5. The Morgan fingerprint density at radius 1 is 1.28 bits per heavy atom. The molecule has 0 spiro atoms. The van der Waals surface area contributed by atoms with Gasteiger partial charge in [-0.3, -0.25) is 14.8 Å². The van der Waals surface area contributed by atoms with Crippen molar-refractivity contribution in [3.05, 3.63) is 57.8 Å². The van der Waals surface area contributed by atoms with Crippen molar-refractivity contribution >= 4 is 45.0 Å². The first kappa shape index (κ1) is 19.4. The Balaban J connectivity index is 1.52. The summed E-state index contributed by atoms with van der Waals surface area (Å²) in [5.41, 5.74) is -0.119. The van der Waals surface area contributed by atoms with Gasteiger partial charge >= 0.3 is 6.18 Å². The number of nitrogens with one attached hydrogen (secondary N) is 1. The van der Waals surface area contributed by atoms with Crippen molar-refractivity contribution < 1.29 is 18.0 Å². The monoisotopic (exact) mass is 440 g/mol. The lowest BCUT2D eigenvalue weighted by molar-refractivity contribution is -0.140. The number of nitrogens with zero attached hydrogens (tertiary/aromatic N) is 5. The first-order valence-electron chi connectivity index (χ1n) is 8.19. The number of halogens is 4. The zero-order valence-corrected chi connectivity index (χ0v) is 16.3. The highest BCUT2D eigenvalue weighted by Crippen LogP contribution is 2.37. The number of hydrogen-bond donors (Lipinski definition) is 1. The highest BCUT2D eigenvalue weighted by atomic mass is 35.5. The minimum Gasteiger partial charge on any atom is -0.288 e. The maximum Gasteiger partial charge on any atom is 0.435 e. The molecule has 0 unspecified atom stereocenters. The summed E-state index contributed by atoms with van der Waals surface area (Å²) in [5.74, 6) is -0.552. The summed E-state index contributed by atoms with van der Waals surface area (Å²) in [7, 11) is 1.40. The lowest BCUT2D eigenvalue weighted by atomic mass is 10.2. The Morgan fingerprint density at radius 3 is 2.79 bits per heavy atom. The van der Waals surface area contributed by atoms with Crippen LogP contribution in [0.1, 0.15) is 20.9 Å². The second-order valence-electron chi connectivity index (χ2n) is 6.15. The van der Waals surface area contributed by atoms with Crippen LogP contribution in [0.25, 0.3) is 10.2 Å². The number of rotatable bonds is 4. The van der Waals surface area contributed by atoms with E-state index in [1.54, 1.807) is 12.1 Å². The third kappa shape index (κ3) is 3.96. The average Bonchev–Trinajstić information content (AvgIpc) is 3.31. The smallest absolute Gasteiger partial charge is 0.288 e. The van der Waals surface area contributed by atoms with Crippen molar-refractivity contribution in [2.75, 3.05) is 5.32 Å². The normalized spacial score (nSPS) is 11.9. The number of thiophene rings is 1. The van der Waals surface area contributed by atoms with Crippen LogP contribution in [0.15, 0.2) is 36.7 Å². The van der Waals surface area contributed by atoms with Gasteiger partial charge in [0.05, 0.1) is 11.4 Å². The number of benzene rings is 1. The molecule has 3 heterocycles. The second kappa shape index (κ2) is 7.16. The molecule has 0 aliphatic carbocycles. The molecule has 0 radical (unpaired) electrons. The van der Waals surface area contributed by atoms with Gasteiger partial charge < -0.3 is 0 Å².